The van der Waals surface area contributed by atoms with Gasteiger partial charge in [-0.1, -0.05) is 27.7 Å². The van der Waals surface area contributed by atoms with Gasteiger partial charge in [0.15, 0.2) is 23.8 Å². The Bertz CT molecular complexity index is 1440. The maximum absolute atomic E-state index is 12.9. The normalized spacial score (nSPS) is 46.7. The smallest absolute Gasteiger partial charge is 0.308 e. The minimum absolute atomic E-state index is 0.0231. The molecule has 16 nitrogen and oxygen atoms in total. The van der Waals surface area contributed by atoms with E-state index in [0.717, 1.165) is 38.5 Å². The van der Waals surface area contributed by atoms with Gasteiger partial charge in [0.2, 0.25) is 36.0 Å². The van der Waals surface area contributed by atoms with Crippen molar-refractivity contribution in [2.24, 2.45) is 47.3 Å². The average Bonchev–Trinajstić information content (AvgIpc) is 3.55. The van der Waals surface area contributed by atoms with E-state index in [1.165, 1.54) is 0 Å². The van der Waals surface area contributed by atoms with Crippen molar-refractivity contribution in [3.8, 4) is 0 Å². The van der Waals surface area contributed by atoms with Crippen molar-refractivity contribution in [2.75, 3.05) is 13.1 Å². The van der Waals surface area contributed by atoms with Gasteiger partial charge in [-0.2, -0.15) is 0 Å². The van der Waals surface area contributed by atoms with E-state index in [0.29, 0.717) is 44.2 Å². The standard InChI is InChI=1S/C41H62N2O14/c1-22-8-10-28-24(3)34(50-36-40(28)26(22)16-18-38(5,52-36)54-56-40)48-32(46)14-12-30(44)42-20-7-21-43-31(45)13-15-33(47)49-35-25(4)29-11-9-23(2)27-17-19-39(6)53-37(51-35)41(27,29)57-55-39/h22-29,34-37H,7-21H2,1-6H3,(H,42,44)(H,43,45)/t22-,23-,24-,25-,26-,27-,28-,29+,34-,35-,36-,37-,38-,39-,40-,41-/m1/s1. The Morgan fingerprint density at radius 3 is 1.40 bits per heavy atom. The minimum Gasteiger partial charge on any atom is -0.435 e. The summed E-state index contributed by atoms with van der Waals surface area (Å²) < 4.78 is 36.9. The van der Waals surface area contributed by atoms with Crippen LogP contribution < -0.4 is 10.6 Å². The number of amides is 2. The summed E-state index contributed by atoms with van der Waals surface area (Å²) in [5.74, 6) is -2.52. The molecule has 2 spiro atoms. The second-order valence-corrected chi connectivity index (χ2v) is 18.6. The predicted molar refractivity (Wildman–Crippen MR) is 195 cm³/mol. The van der Waals surface area contributed by atoms with Crippen LogP contribution in [0.4, 0.5) is 0 Å². The Labute approximate surface area is 334 Å². The number of hydrogen-bond acceptors (Lipinski definition) is 14. The van der Waals surface area contributed by atoms with Gasteiger partial charge in [-0.05, 0) is 82.5 Å². The Kier molecular flexibility index (Phi) is 11.5. The van der Waals surface area contributed by atoms with Crippen LogP contribution in [0, 0.1) is 47.3 Å². The summed E-state index contributed by atoms with van der Waals surface area (Å²) in [4.78, 5) is 74.9. The minimum atomic E-state index is -0.926. The number of ether oxygens (including phenoxy) is 6. The van der Waals surface area contributed by atoms with Crippen LogP contribution in [0.25, 0.3) is 0 Å². The fourth-order valence-corrected chi connectivity index (χ4v) is 11.5. The molecule has 2 aliphatic carbocycles. The molecular weight excluding hydrogens is 744 g/mol. The van der Waals surface area contributed by atoms with Gasteiger partial charge in [-0.15, -0.1) is 0 Å². The zero-order valence-electron chi connectivity index (χ0n) is 34.3. The highest BCUT2D eigenvalue weighted by atomic mass is 17.3. The van der Waals surface area contributed by atoms with Crippen molar-refractivity contribution in [2.45, 2.75) is 173 Å². The van der Waals surface area contributed by atoms with Crippen LogP contribution in [-0.2, 0) is 67.1 Å². The van der Waals surface area contributed by atoms with Crippen LogP contribution in [-0.4, -0.2) is 84.8 Å². The summed E-state index contributed by atoms with van der Waals surface area (Å²) in [7, 11) is 0. The number of fused-ring (bicyclic) bond motifs is 4. The van der Waals surface area contributed by atoms with Crippen LogP contribution in [0.5, 0.6) is 0 Å². The highest BCUT2D eigenvalue weighted by Crippen LogP contribution is 2.62. The number of carbonyl (C=O) groups is 4. The Morgan fingerprint density at radius 1 is 0.561 bits per heavy atom. The lowest BCUT2D eigenvalue weighted by atomic mass is 9.58. The molecule has 16 heteroatoms. The van der Waals surface area contributed by atoms with Crippen molar-refractivity contribution < 1.29 is 67.1 Å². The van der Waals surface area contributed by atoms with Crippen LogP contribution >= 0.6 is 0 Å². The Hall–Kier alpha value is -2.44. The molecule has 0 unspecified atom stereocenters. The summed E-state index contributed by atoms with van der Waals surface area (Å²) >= 11 is 0. The summed E-state index contributed by atoms with van der Waals surface area (Å²) in [5.41, 5.74) is -1.49. The predicted octanol–water partition coefficient (Wildman–Crippen LogP) is 4.67. The first-order chi connectivity index (χ1) is 27.2. The lowest BCUT2D eigenvalue weighted by Crippen LogP contribution is -2.70. The molecule has 8 heterocycles. The summed E-state index contributed by atoms with van der Waals surface area (Å²) in [6.07, 6.45) is 4.09. The summed E-state index contributed by atoms with van der Waals surface area (Å²) in [6, 6.07) is 0. The van der Waals surface area contributed by atoms with Crippen LogP contribution in [0.3, 0.4) is 0 Å². The fourth-order valence-electron chi connectivity index (χ4n) is 11.5. The van der Waals surface area contributed by atoms with E-state index in [-0.39, 0.29) is 73.0 Å². The molecule has 8 saturated heterocycles. The van der Waals surface area contributed by atoms with Crippen molar-refractivity contribution in [3.05, 3.63) is 0 Å². The second kappa shape index (κ2) is 15.9. The molecule has 57 heavy (non-hydrogen) atoms. The van der Waals surface area contributed by atoms with Gasteiger partial charge >= 0.3 is 11.9 Å². The van der Waals surface area contributed by atoms with Crippen molar-refractivity contribution >= 4 is 23.8 Å². The van der Waals surface area contributed by atoms with Crippen molar-refractivity contribution in [1.82, 2.24) is 10.6 Å². The summed E-state index contributed by atoms with van der Waals surface area (Å²) in [6.45, 7) is 12.8. The maximum Gasteiger partial charge on any atom is 0.308 e. The zero-order valence-corrected chi connectivity index (χ0v) is 34.3. The van der Waals surface area contributed by atoms with Gasteiger partial charge in [0.25, 0.3) is 0 Å². The third-order valence-corrected chi connectivity index (χ3v) is 14.8. The molecule has 4 bridgehead atoms. The first kappa shape index (κ1) is 41.3. The molecule has 2 N–H and O–H groups in total. The molecule has 0 aromatic rings. The lowest BCUT2D eigenvalue weighted by molar-refractivity contribution is -0.576. The van der Waals surface area contributed by atoms with Crippen molar-refractivity contribution in [3.63, 3.8) is 0 Å². The quantitative estimate of drug-likeness (QED) is 0.158. The maximum atomic E-state index is 12.9. The second-order valence-electron chi connectivity index (χ2n) is 18.6. The zero-order chi connectivity index (χ0) is 40.3. The third kappa shape index (κ3) is 7.52. The van der Waals surface area contributed by atoms with E-state index in [1.807, 2.05) is 27.7 Å². The molecule has 2 amide bonds. The van der Waals surface area contributed by atoms with Gasteiger partial charge in [0.05, 0.1) is 12.8 Å². The topological polar surface area (TPSA) is 185 Å². The molecule has 16 atom stereocenters. The number of rotatable bonds is 12. The monoisotopic (exact) mass is 806 g/mol. The fraction of sp³-hybridized carbons (Fsp3) is 0.902. The first-order valence-corrected chi connectivity index (χ1v) is 21.5. The number of nitrogens with one attached hydrogen (secondary N) is 2. The molecule has 10 rings (SSSR count). The molecular formula is C41H62N2O14. The van der Waals surface area contributed by atoms with Gasteiger partial charge in [-0.25, -0.2) is 19.6 Å². The average molecular weight is 807 g/mol. The van der Waals surface area contributed by atoms with Gasteiger partial charge in [0, 0.05) is 62.4 Å². The van der Waals surface area contributed by atoms with Crippen LogP contribution in [0.2, 0.25) is 0 Å². The third-order valence-electron chi connectivity index (χ3n) is 14.8. The number of carbonyl (C=O) groups excluding carboxylic acids is 4. The van der Waals surface area contributed by atoms with Gasteiger partial charge < -0.3 is 39.1 Å². The molecule has 8 aliphatic heterocycles. The molecule has 0 aromatic carbocycles. The first-order valence-electron chi connectivity index (χ1n) is 21.5. The SMILES string of the molecule is C[C@H]1[C@H](OC(=O)CCC(=O)NCCCNC(=O)CCC(=O)O[C@@H]2O[C@@H]3O[C@@]4(C)CC[C@@H]5[C@H](C)CC[C@@H]([C@H]2C)[C@@]35OO4)O[C@@H]2O[C@@]3(C)CC[C@@H]4[C@H](C)CC[C@H]1[C@@]24OO3. The summed E-state index contributed by atoms with van der Waals surface area (Å²) in [5, 5.41) is 5.56. The molecule has 320 valence electrons. The van der Waals surface area contributed by atoms with E-state index >= 15 is 0 Å². The highest BCUT2D eigenvalue weighted by molar-refractivity contribution is 5.82. The number of hydrogen-bond donors (Lipinski definition) is 2. The molecule has 10 fully saturated rings. The molecule has 0 radical (unpaired) electrons. The van der Waals surface area contributed by atoms with Crippen molar-refractivity contribution in [1.29, 1.82) is 0 Å². The van der Waals surface area contributed by atoms with E-state index < -0.39 is 59.9 Å². The van der Waals surface area contributed by atoms with Gasteiger partial charge in [0.1, 0.15) is 0 Å². The van der Waals surface area contributed by atoms with Gasteiger partial charge in [-0.3, -0.25) is 19.2 Å². The lowest BCUT2D eigenvalue weighted by Gasteiger charge is -2.59. The largest absolute Gasteiger partial charge is 0.435 e. The van der Waals surface area contributed by atoms with Crippen LogP contribution in [0.1, 0.15) is 125 Å². The highest BCUT2D eigenvalue weighted by Gasteiger charge is 2.71. The van der Waals surface area contributed by atoms with Crippen LogP contribution in [0.15, 0.2) is 0 Å². The molecule has 0 aromatic heterocycles. The van der Waals surface area contributed by atoms with E-state index in [1.54, 1.807) is 0 Å². The molecule has 10 aliphatic rings. The molecule has 2 saturated carbocycles. The van der Waals surface area contributed by atoms with E-state index in [2.05, 4.69) is 24.5 Å². The van der Waals surface area contributed by atoms with E-state index in [4.69, 9.17) is 48.0 Å². The Balaban J connectivity index is 0.716. The van der Waals surface area contributed by atoms with E-state index in [9.17, 15) is 19.2 Å². The number of esters is 2. The Morgan fingerprint density at radius 2 is 0.982 bits per heavy atom.